The van der Waals surface area contributed by atoms with Crippen molar-refractivity contribution in [1.82, 2.24) is 0 Å². The van der Waals surface area contributed by atoms with Gasteiger partial charge in [-0.05, 0) is 96.0 Å². The van der Waals surface area contributed by atoms with Crippen molar-refractivity contribution in [2.24, 2.45) is 0 Å². The van der Waals surface area contributed by atoms with Crippen LogP contribution in [-0.2, 0) is 0 Å². The van der Waals surface area contributed by atoms with Crippen LogP contribution in [0.5, 0.6) is 0 Å². The molecule has 50 heavy (non-hydrogen) atoms. The molecule has 0 nitrogen and oxygen atoms in total. The third-order valence-electron chi connectivity index (χ3n) is 10.4. The van der Waals surface area contributed by atoms with Crippen LogP contribution in [0.3, 0.4) is 0 Å². The Balaban J connectivity index is 1.13. The van der Waals surface area contributed by atoms with E-state index < -0.39 is 0 Å². The zero-order valence-corrected chi connectivity index (χ0v) is 28.6. The third kappa shape index (κ3) is 4.16. The number of fused-ring (bicyclic) bond motifs is 10. The average molecular weight is 669 g/mol. The molecule has 0 amide bonds. The van der Waals surface area contributed by atoms with E-state index in [0.717, 1.165) is 0 Å². The van der Waals surface area contributed by atoms with Crippen LogP contribution < -0.4 is 0 Å². The van der Waals surface area contributed by atoms with E-state index in [9.17, 15) is 0 Å². The number of rotatable bonds is 3. The summed E-state index contributed by atoms with van der Waals surface area (Å²) in [5, 5.41) is 13.1. The fraction of sp³-hybridized carbons (Fsp3) is 0. The maximum atomic E-state index is 2.44. The smallest absolute Gasteiger partial charge is 0.0448 e. The first-order valence-electron chi connectivity index (χ1n) is 17.1. The van der Waals surface area contributed by atoms with Gasteiger partial charge in [-0.1, -0.05) is 140 Å². The predicted octanol–water partition coefficient (Wildman–Crippen LogP) is 14.9. The molecular formula is C48H28S2. The van der Waals surface area contributed by atoms with Crippen molar-refractivity contribution in [2.75, 3.05) is 0 Å². The highest BCUT2D eigenvalue weighted by Crippen LogP contribution is 2.48. The summed E-state index contributed by atoms with van der Waals surface area (Å²) < 4.78 is 5.44. The van der Waals surface area contributed by atoms with Crippen LogP contribution >= 0.6 is 22.7 Å². The maximum Gasteiger partial charge on any atom is 0.0448 e. The molecule has 0 aliphatic carbocycles. The summed E-state index contributed by atoms with van der Waals surface area (Å²) in [7, 11) is 0. The quantitative estimate of drug-likeness (QED) is 0.164. The van der Waals surface area contributed by atoms with Gasteiger partial charge in [-0.15, -0.1) is 22.7 Å². The molecule has 2 aromatic heterocycles. The first-order chi connectivity index (χ1) is 24.8. The SMILES string of the molecule is c1cc(-c2ccc3ccccc3c2)cc(-c2c3ccccc3c(-c3ccc4c(c3)sc3ccc5c6ccccc6sc5c34)c3ccccc23)c1. The van der Waals surface area contributed by atoms with Crippen molar-refractivity contribution >= 4 is 95.3 Å². The first kappa shape index (κ1) is 28.1. The molecule has 0 aliphatic heterocycles. The molecule has 0 unspecified atom stereocenters. The summed E-state index contributed by atoms with van der Waals surface area (Å²) in [6, 6.07) is 63.1. The van der Waals surface area contributed by atoms with E-state index in [4.69, 9.17) is 0 Å². The van der Waals surface area contributed by atoms with Gasteiger partial charge in [0, 0.05) is 40.3 Å². The van der Waals surface area contributed by atoms with Gasteiger partial charge in [-0.3, -0.25) is 0 Å². The van der Waals surface area contributed by atoms with E-state index in [2.05, 4.69) is 170 Å². The topological polar surface area (TPSA) is 0 Å². The summed E-state index contributed by atoms with van der Waals surface area (Å²) >= 11 is 3.83. The van der Waals surface area contributed by atoms with Crippen LogP contribution in [0, 0.1) is 0 Å². The Morgan fingerprint density at radius 3 is 1.62 bits per heavy atom. The van der Waals surface area contributed by atoms with Crippen LogP contribution in [0.15, 0.2) is 170 Å². The predicted molar refractivity (Wildman–Crippen MR) is 221 cm³/mol. The number of benzene rings is 9. The second kappa shape index (κ2) is 10.9. The molecule has 11 rings (SSSR count). The summed E-state index contributed by atoms with van der Waals surface area (Å²) in [5.41, 5.74) is 7.56. The van der Waals surface area contributed by atoms with Gasteiger partial charge in [-0.2, -0.15) is 0 Å². The van der Waals surface area contributed by atoms with E-state index in [1.165, 1.54) is 106 Å². The van der Waals surface area contributed by atoms with Crippen LogP contribution in [0.25, 0.3) is 106 Å². The normalized spacial score (nSPS) is 12.0. The largest absolute Gasteiger partial charge is 0.135 e. The van der Waals surface area contributed by atoms with Gasteiger partial charge in [0.25, 0.3) is 0 Å². The molecule has 0 aliphatic rings. The van der Waals surface area contributed by atoms with Crippen molar-refractivity contribution in [3.8, 4) is 33.4 Å². The van der Waals surface area contributed by atoms with Crippen LogP contribution in [-0.4, -0.2) is 0 Å². The fourth-order valence-electron chi connectivity index (χ4n) is 8.17. The molecule has 9 aromatic carbocycles. The minimum absolute atomic E-state index is 1.23. The highest BCUT2D eigenvalue weighted by molar-refractivity contribution is 7.29. The second-order valence-electron chi connectivity index (χ2n) is 13.2. The molecule has 2 heterocycles. The minimum atomic E-state index is 1.23. The Labute approximate surface area is 297 Å². The molecule has 0 N–H and O–H groups in total. The molecule has 232 valence electrons. The van der Waals surface area contributed by atoms with Gasteiger partial charge in [-0.25, -0.2) is 0 Å². The lowest BCUT2D eigenvalue weighted by Crippen LogP contribution is -1.91. The molecule has 0 bridgehead atoms. The molecule has 0 saturated heterocycles. The van der Waals surface area contributed by atoms with Gasteiger partial charge < -0.3 is 0 Å². The number of hydrogen-bond acceptors (Lipinski definition) is 2. The minimum Gasteiger partial charge on any atom is -0.135 e. The zero-order valence-electron chi connectivity index (χ0n) is 27.0. The van der Waals surface area contributed by atoms with Crippen molar-refractivity contribution in [3.05, 3.63) is 170 Å². The first-order valence-corrected chi connectivity index (χ1v) is 18.7. The van der Waals surface area contributed by atoms with Crippen molar-refractivity contribution in [3.63, 3.8) is 0 Å². The molecule has 0 fully saturated rings. The summed E-state index contributed by atoms with van der Waals surface area (Å²) in [5.74, 6) is 0. The van der Waals surface area contributed by atoms with E-state index in [1.54, 1.807) is 0 Å². The fourth-order valence-corrected chi connectivity index (χ4v) is 10.7. The van der Waals surface area contributed by atoms with Gasteiger partial charge in [0.05, 0.1) is 0 Å². The van der Waals surface area contributed by atoms with Gasteiger partial charge in [0.1, 0.15) is 0 Å². The van der Waals surface area contributed by atoms with Gasteiger partial charge in [0.15, 0.2) is 0 Å². The lowest BCUT2D eigenvalue weighted by molar-refractivity contribution is 1.63. The molecule has 0 spiro atoms. The van der Waals surface area contributed by atoms with Crippen molar-refractivity contribution < 1.29 is 0 Å². The second-order valence-corrected chi connectivity index (χ2v) is 15.3. The standard InChI is InChI=1S/C48H28S2/c1-2-11-30-26-32(21-20-29(30)10-1)31-12-9-13-33(27-31)45-36-15-3-5-17-38(36)46(39-18-6-4-16-37(39)45)34-22-23-41-44(28-34)49-43-25-24-40-35-14-7-8-19-42(35)50-48(40)47(41)43/h1-28H. The highest BCUT2D eigenvalue weighted by atomic mass is 32.1. The lowest BCUT2D eigenvalue weighted by Gasteiger charge is -2.18. The average Bonchev–Trinajstić information content (AvgIpc) is 3.74. The molecule has 0 atom stereocenters. The summed E-state index contributed by atoms with van der Waals surface area (Å²) in [6.45, 7) is 0. The van der Waals surface area contributed by atoms with E-state index >= 15 is 0 Å². The van der Waals surface area contributed by atoms with E-state index in [0.29, 0.717) is 0 Å². The molecule has 2 heteroatoms. The highest BCUT2D eigenvalue weighted by Gasteiger charge is 2.19. The van der Waals surface area contributed by atoms with Gasteiger partial charge >= 0.3 is 0 Å². The van der Waals surface area contributed by atoms with Gasteiger partial charge in [0.2, 0.25) is 0 Å². The Bertz CT molecular complexity index is 3100. The molecule has 0 radical (unpaired) electrons. The lowest BCUT2D eigenvalue weighted by atomic mass is 9.85. The number of hydrogen-bond donors (Lipinski definition) is 0. The van der Waals surface area contributed by atoms with Crippen LogP contribution in [0.4, 0.5) is 0 Å². The summed E-state index contributed by atoms with van der Waals surface area (Å²) in [6.07, 6.45) is 0. The van der Waals surface area contributed by atoms with Crippen LogP contribution in [0.1, 0.15) is 0 Å². The summed E-state index contributed by atoms with van der Waals surface area (Å²) in [4.78, 5) is 0. The van der Waals surface area contributed by atoms with E-state index in [-0.39, 0.29) is 0 Å². The van der Waals surface area contributed by atoms with Crippen molar-refractivity contribution in [1.29, 1.82) is 0 Å². The Hall–Kier alpha value is -5.80. The maximum absolute atomic E-state index is 2.44. The molecular weight excluding hydrogens is 641 g/mol. The zero-order chi connectivity index (χ0) is 32.8. The van der Waals surface area contributed by atoms with Crippen LogP contribution in [0.2, 0.25) is 0 Å². The third-order valence-corrected chi connectivity index (χ3v) is 12.8. The Kier molecular flexibility index (Phi) is 6.09. The van der Waals surface area contributed by atoms with Crippen molar-refractivity contribution in [2.45, 2.75) is 0 Å². The van der Waals surface area contributed by atoms with E-state index in [1.807, 2.05) is 22.7 Å². The number of thiophene rings is 2. The monoisotopic (exact) mass is 668 g/mol. The Morgan fingerprint density at radius 2 is 0.860 bits per heavy atom. The molecule has 0 saturated carbocycles. The molecule has 11 aromatic rings. The Morgan fingerprint density at radius 1 is 0.280 bits per heavy atom.